The van der Waals surface area contributed by atoms with Crippen molar-refractivity contribution in [2.75, 3.05) is 12.9 Å². The number of nitrogens with two attached hydrogens (primary N) is 1. The van der Waals surface area contributed by atoms with Crippen molar-refractivity contribution in [2.24, 2.45) is 5.73 Å². The Morgan fingerprint density at radius 3 is 3.20 bits per heavy atom. The van der Waals surface area contributed by atoms with Crippen LogP contribution in [0.4, 0.5) is 0 Å². The summed E-state index contributed by atoms with van der Waals surface area (Å²) in [5.41, 5.74) is 6.31. The molecule has 20 heavy (non-hydrogen) atoms. The van der Waals surface area contributed by atoms with Gasteiger partial charge in [0.05, 0.1) is 12.8 Å². The van der Waals surface area contributed by atoms with E-state index < -0.39 is 12.0 Å². The first-order valence-corrected chi connectivity index (χ1v) is 8.02. The molecule has 2 aromatic rings. The van der Waals surface area contributed by atoms with Crippen molar-refractivity contribution in [1.29, 1.82) is 0 Å². The molecule has 0 saturated heterocycles. The molecule has 0 radical (unpaired) electrons. The molecule has 0 bridgehead atoms. The van der Waals surface area contributed by atoms with Gasteiger partial charge < -0.3 is 10.5 Å². The first kappa shape index (κ1) is 15.0. The van der Waals surface area contributed by atoms with Crippen LogP contribution in [0.15, 0.2) is 22.4 Å². The van der Waals surface area contributed by atoms with Crippen LogP contribution in [-0.2, 0) is 15.3 Å². The van der Waals surface area contributed by atoms with E-state index in [0.29, 0.717) is 22.9 Å². The van der Waals surface area contributed by atoms with Gasteiger partial charge in [-0.05, 0) is 12.2 Å². The second-order valence-corrected chi connectivity index (χ2v) is 6.09. The van der Waals surface area contributed by atoms with Crippen LogP contribution in [-0.4, -0.2) is 34.3 Å². The number of esters is 1. The molecule has 0 amide bonds. The van der Waals surface area contributed by atoms with Crippen molar-refractivity contribution in [3.63, 3.8) is 0 Å². The molecular formula is C12H15N3O3S2. The van der Waals surface area contributed by atoms with Crippen molar-refractivity contribution in [2.45, 2.75) is 18.2 Å². The van der Waals surface area contributed by atoms with Gasteiger partial charge in [0.2, 0.25) is 0 Å². The fourth-order valence-electron chi connectivity index (χ4n) is 1.62. The Labute approximate surface area is 124 Å². The molecule has 0 fully saturated rings. The number of methoxy groups -OCH3 is 1. The number of ether oxygens (including phenoxy) is 1. The smallest absolute Gasteiger partial charge is 0.322 e. The highest BCUT2D eigenvalue weighted by Gasteiger charge is 2.13. The van der Waals surface area contributed by atoms with Gasteiger partial charge in [-0.15, -0.1) is 11.3 Å². The number of hydrogen-bond donors (Lipinski definition) is 1. The summed E-state index contributed by atoms with van der Waals surface area (Å²) in [5, 5.41) is 1.83. The van der Waals surface area contributed by atoms with Gasteiger partial charge in [-0.2, -0.15) is 11.8 Å². The third-order valence-electron chi connectivity index (χ3n) is 2.68. The lowest BCUT2D eigenvalue weighted by atomic mass is 10.2. The molecule has 2 aromatic heterocycles. The molecule has 0 aliphatic carbocycles. The average molecular weight is 313 g/mol. The first-order chi connectivity index (χ1) is 9.61. The van der Waals surface area contributed by atoms with Crippen LogP contribution in [0.5, 0.6) is 0 Å². The fraction of sp³-hybridized carbons (Fsp3) is 0.417. The van der Waals surface area contributed by atoms with Crippen molar-refractivity contribution < 1.29 is 9.53 Å². The Kier molecular flexibility index (Phi) is 5.16. The summed E-state index contributed by atoms with van der Waals surface area (Å²) in [4.78, 5) is 28.0. The molecule has 2 N–H and O–H groups in total. The van der Waals surface area contributed by atoms with E-state index in [-0.39, 0.29) is 5.56 Å². The van der Waals surface area contributed by atoms with Crippen LogP contribution >= 0.6 is 23.1 Å². The van der Waals surface area contributed by atoms with Gasteiger partial charge in [-0.25, -0.2) is 4.98 Å². The number of aromatic nitrogens is 2. The quantitative estimate of drug-likeness (QED) is 0.629. The standard InChI is InChI=1S/C12H15N3O3S2/c1-18-11(17)9(13)2-4-19-7-8-6-10(16)15-3-5-20-12(15)14-8/h3,5-6,9H,2,4,7,13H2,1H3. The van der Waals surface area contributed by atoms with E-state index in [1.807, 2.05) is 5.38 Å². The highest BCUT2D eigenvalue weighted by atomic mass is 32.2. The number of rotatable bonds is 6. The largest absolute Gasteiger partial charge is 0.468 e. The van der Waals surface area contributed by atoms with Crippen molar-refractivity contribution in [3.05, 3.63) is 33.7 Å². The third-order valence-corrected chi connectivity index (χ3v) is 4.46. The van der Waals surface area contributed by atoms with Gasteiger partial charge in [0.15, 0.2) is 4.96 Å². The minimum Gasteiger partial charge on any atom is -0.468 e. The van der Waals surface area contributed by atoms with E-state index >= 15 is 0 Å². The van der Waals surface area contributed by atoms with Gasteiger partial charge in [-0.1, -0.05) is 0 Å². The second kappa shape index (κ2) is 6.87. The second-order valence-electron chi connectivity index (χ2n) is 4.11. The van der Waals surface area contributed by atoms with Crippen molar-refractivity contribution in [1.82, 2.24) is 9.38 Å². The first-order valence-electron chi connectivity index (χ1n) is 5.98. The Balaban J connectivity index is 1.87. The summed E-state index contributed by atoms with van der Waals surface area (Å²) in [6.45, 7) is 0. The predicted octanol–water partition coefficient (Wildman–Crippen LogP) is 0.880. The number of carbonyl (C=O) groups is 1. The summed E-state index contributed by atoms with van der Waals surface area (Å²) >= 11 is 3.02. The molecular weight excluding hydrogens is 298 g/mol. The summed E-state index contributed by atoms with van der Waals surface area (Å²) < 4.78 is 6.07. The van der Waals surface area contributed by atoms with Gasteiger partial charge in [0, 0.05) is 23.4 Å². The normalized spacial score (nSPS) is 12.5. The van der Waals surface area contributed by atoms with Gasteiger partial charge in [0.25, 0.3) is 5.56 Å². The van der Waals surface area contributed by atoms with Crippen LogP contribution in [0.25, 0.3) is 4.96 Å². The Morgan fingerprint density at radius 2 is 2.45 bits per heavy atom. The molecule has 6 nitrogen and oxygen atoms in total. The number of carbonyl (C=O) groups excluding carboxylic acids is 1. The molecule has 1 unspecified atom stereocenters. The van der Waals surface area contributed by atoms with Crippen molar-refractivity contribution in [3.8, 4) is 0 Å². The SMILES string of the molecule is COC(=O)C(N)CCSCc1cc(=O)n2ccsc2n1. The Bertz CT molecular complexity index is 653. The molecule has 0 aliphatic rings. The summed E-state index contributed by atoms with van der Waals surface area (Å²) in [5.74, 6) is 0.932. The minimum absolute atomic E-state index is 0.0712. The lowest BCUT2D eigenvalue weighted by Crippen LogP contribution is -2.31. The predicted molar refractivity (Wildman–Crippen MR) is 80.1 cm³/mol. The van der Waals surface area contributed by atoms with Gasteiger partial charge in [0.1, 0.15) is 6.04 Å². The van der Waals surface area contributed by atoms with Crippen LogP contribution in [0.1, 0.15) is 12.1 Å². The van der Waals surface area contributed by atoms with Crippen LogP contribution in [0.2, 0.25) is 0 Å². The summed E-state index contributed by atoms with van der Waals surface area (Å²) in [6.07, 6.45) is 2.25. The van der Waals surface area contributed by atoms with Crippen LogP contribution < -0.4 is 11.3 Å². The van der Waals surface area contributed by atoms with Crippen LogP contribution in [0, 0.1) is 0 Å². The van der Waals surface area contributed by atoms with E-state index in [4.69, 9.17) is 5.73 Å². The Hall–Kier alpha value is -1.38. The lowest BCUT2D eigenvalue weighted by molar-refractivity contribution is -0.142. The van der Waals surface area contributed by atoms with Gasteiger partial charge in [-0.3, -0.25) is 14.0 Å². The molecule has 2 heterocycles. The maximum atomic E-state index is 11.8. The molecule has 2 rings (SSSR count). The highest BCUT2D eigenvalue weighted by molar-refractivity contribution is 7.98. The van der Waals surface area contributed by atoms with E-state index in [1.54, 1.807) is 18.0 Å². The Morgan fingerprint density at radius 1 is 1.65 bits per heavy atom. The maximum absolute atomic E-state index is 11.8. The van der Waals surface area contributed by atoms with Crippen molar-refractivity contribution >= 4 is 34.0 Å². The molecule has 0 saturated carbocycles. The molecule has 0 spiro atoms. The zero-order chi connectivity index (χ0) is 14.5. The topological polar surface area (TPSA) is 86.7 Å². The molecule has 108 valence electrons. The molecule has 1 atom stereocenters. The number of thioether (sulfide) groups is 1. The fourth-order valence-corrected chi connectivity index (χ4v) is 3.28. The molecule has 0 aromatic carbocycles. The molecule has 0 aliphatic heterocycles. The number of fused-ring (bicyclic) bond motifs is 1. The highest BCUT2D eigenvalue weighted by Crippen LogP contribution is 2.13. The summed E-state index contributed by atoms with van der Waals surface area (Å²) in [7, 11) is 1.32. The zero-order valence-corrected chi connectivity index (χ0v) is 12.6. The minimum atomic E-state index is -0.592. The van der Waals surface area contributed by atoms with E-state index in [0.717, 1.165) is 5.69 Å². The third kappa shape index (κ3) is 3.59. The summed E-state index contributed by atoms with van der Waals surface area (Å²) in [6, 6.07) is 0.943. The lowest BCUT2D eigenvalue weighted by Gasteiger charge is -2.08. The zero-order valence-electron chi connectivity index (χ0n) is 10.9. The molecule has 8 heteroatoms. The number of hydrogen-bond acceptors (Lipinski definition) is 7. The van der Waals surface area contributed by atoms with E-state index in [1.165, 1.54) is 28.9 Å². The van der Waals surface area contributed by atoms with E-state index in [2.05, 4.69) is 9.72 Å². The number of nitrogens with zero attached hydrogens (tertiary/aromatic N) is 2. The maximum Gasteiger partial charge on any atom is 0.322 e. The monoisotopic (exact) mass is 313 g/mol. The van der Waals surface area contributed by atoms with Gasteiger partial charge >= 0.3 is 5.97 Å². The average Bonchev–Trinajstić information content (AvgIpc) is 2.91. The number of thiazole rings is 1. The van der Waals surface area contributed by atoms with Crippen LogP contribution in [0.3, 0.4) is 0 Å². The van der Waals surface area contributed by atoms with E-state index in [9.17, 15) is 9.59 Å².